The van der Waals surface area contributed by atoms with Crippen molar-refractivity contribution in [3.63, 3.8) is 0 Å². The van der Waals surface area contributed by atoms with Crippen molar-refractivity contribution in [2.45, 2.75) is 19.5 Å². The zero-order valence-electron chi connectivity index (χ0n) is 17.1. The van der Waals surface area contributed by atoms with Gasteiger partial charge in [0.1, 0.15) is 50.0 Å². The number of halogens is 1. The fraction of sp³-hybridized carbons (Fsp3) is 0.381. The average molecular weight is 418 g/mol. The number of carbonyl (C=O) groups excluding carboxylic acids is 1. The molecule has 0 radical (unpaired) electrons. The molecule has 2 aromatic rings. The normalized spacial score (nSPS) is 19.7. The number of nitrogens with one attached hydrogen (secondary N) is 3. The second kappa shape index (κ2) is 9.64. The van der Waals surface area contributed by atoms with Gasteiger partial charge in [-0.2, -0.15) is 0 Å². The van der Waals surface area contributed by atoms with Gasteiger partial charge in [-0.15, -0.1) is 0 Å². The summed E-state index contributed by atoms with van der Waals surface area (Å²) in [4.78, 5) is 25.7. The van der Waals surface area contributed by atoms with E-state index < -0.39 is 4.92 Å². The van der Waals surface area contributed by atoms with Crippen LogP contribution in [0.4, 0.5) is 15.8 Å². The van der Waals surface area contributed by atoms with Crippen LogP contribution in [0.1, 0.15) is 12.5 Å². The predicted octanol–water partition coefficient (Wildman–Crippen LogP) is 0.0531. The predicted molar refractivity (Wildman–Crippen MR) is 109 cm³/mol. The van der Waals surface area contributed by atoms with Crippen molar-refractivity contribution in [3.8, 4) is 5.75 Å². The maximum Gasteiger partial charge on any atom is 0.292 e. The molecule has 1 saturated heterocycles. The zero-order valence-corrected chi connectivity index (χ0v) is 17.1. The Morgan fingerprint density at radius 3 is 2.60 bits per heavy atom. The molecular weight excluding hydrogens is 391 g/mol. The molecular formula is C21H27FN4O4+2. The van der Waals surface area contributed by atoms with E-state index >= 15 is 0 Å². The summed E-state index contributed by atoms with van der Waals surface area (Å²) in [5, 5.41) is 13.8. The van der Waals surface area contributed by atoms with Crippen molar-refractivity contribution in [1.82, 2.24) is 0 Å². The van der Waals surface area contributed by atoms with Crippen molar-refractivity contribution in [3.05, 3.63) is 64.0 Å². The van der Waals surface area contributed by atoms with E-state index in [-0.39, 0.29) is 29.1 Å². The SMILES string of the molecule is COc1ccc(F)cc1C[NH+]1CC[NH+]([C@@H](C)C(=O)Nc2ccccc2[N+](=O)[O-])CC1. The van der Waals surface area contributed by atoms with Gasteiger partial charge in [0.2, 0.25) is 0 Å². The molecule has 9 heteroatoms. The monoisotopic (exact) mass is 418 g/mol. The average Bonchev–Trinajstić information content (AvgIpc) is 2.74. The lowest BCUT2D eigenvalue weighted by Gasteiger charge is -2.32. The van der Waals surface area contributed by atoms with E-state index in [1.807, 2.05) is 6.92 Å². The minimum Gasteiger partial charge on any atom is -0.496 e. The molecule has 0 bridgehead atoms. The lowest BCUT2D eigenvalue weighted by Crippen LogP contribution is -3.29. The summed E-state index contributed by atoms with van der Waals surface area (Å²) < 4.78 is 18.9. The molecule has 0 saturated carbocycles. The fourth-order valence-electron chi connectivity index (χ4n) is 3.85. The number of anilines is 1. The molecule has 1 atom stereocenters. The molecule has 1 heterocycles. The molecule has 1 amide bonds. The van der Waals surface area contributed by atoms with E-state index in [9.17, 15) is 19.3 Å². The second-order valence-electron chi connectivity index (χ2n) is 7.53. The first-order valence-corrected chi connectivity index (χ1v) is 9.94. The number of rotatable bonds is 7. The van der Waals surface area contributed by atoms with Crippen molar-refractivity contribution in [2.75, 3.05) is 38.6 Å². The number of methoxy groups -OCH3 is 1. The van der Waals surface area contributed by atoms with Crippen LogP contribution in [0.2, 0.25) is 0 Å². The molecule has 1 fully saturated rings. The first-order valence-electron chi connectivity index (χ1n) is 9.94. The summed E-state index contributed by atoms with van der Waals surface area (Å²) in [5.41, 5.74) is 0.922. The first kappa shape index (κ1) is 21.7. The van der Waals surface area contributed by atoms with Gasteiger partial charge >= 0.3 is 0 Å². The van der Waals surface area contributed by atoms with Crippen LogP contribution in [0.5, 0.6) is 5.75 Å². The van der Waals surface area contributed by atoms with Crippen LogP contribution in [-0.2, 0) is 11.3 Å². The molecule has 0 spiro atoms. The third-order valence-electron chi connectivity index (χ3n) is 5.65. The molecule has 160 valence electrons. The lowest BCUT2D eigenvalue weighted by molar-refractivity contribution is -1.02. The molecule has 0 aliphatic carbocycles. The van der Waals surface area contributed by atoms with E-state index in [1.165, 1.54) is 29.2 Å². The Labute approximate surface area is 174 Å². The van der Waals surface area contributed by atoms with E-state index in [4.69, 9.17) is 4.74 Å². The molecule has 3 N–H and O–H groups in total. The third-order valence-corrected chi connectivity index (χ3v) is 5.65. The topological polar surface area (TPSA) is 90.4 Å². The Morgan fingerprint density at radius 2 is 1.93 bits per heavy atom. The van der Waals surface area contributed by atoms with Crippen LogP contribution < -0.4 is 19.9 Å². The summed E-state index contributed by atoms with van der Waals surface area (Å²) in [7, 11) is 1.57. The molecule has 30 heavy (non-hydrogen) atoms. The van der Waals surface area contributed by atoms with Gasteiger partial charge in [0, 0.05) is 6.07 Å². The number of nitro benzene ring substituents is 1. The third kappa shape index (κ3) is 5.11. The number of hydrogen-bond acceptors (Lipinski definition) is 4. The number of quaternary nitrogens is 2. The standard InChI is InChI=1S/C21H25FN4O4/c1-15(21(27)23-18-5-3-4-6-19(18)26(28)29)25-11-9-24(10-12-25)14-16-13-17(22)7-8-20(16)30-2/h3-8,13,15H,9-12,14H2,1-2H3,(H,23,27)/p+2/t15-/m0/s1. The van der Waals surface area contributed by atoms with Gasteiger partial charge in [-0.05, 0) is 31.2 Å². The maximum absolute atomic E-state index is 13.6. The largest absolute Gasteiger partial charge is 0.496 e. The van der Waals surface area contributed by atoms with E-state index in [0.717, 1.165) is 36.6 Å². The molecule has 0 aromatic heterocycles. The molecule has 1 aliphatic rings. The minimum atomic E-state index is -0.504. The van der Waals surface area contributed by atoms with Gasteiger partial charge < -0.3 is 19.9 Å². The number of nitro groups is 1. The minimum absolute atomic E-state index is 0.119. The maximum atomic E-state index is 13.6. The van der Waals surface area contributed by atoms with Crippen molar-refractivity contribution < 1.29 is 28.6 Å². The smallest absolute Gasteiger partial charge is 0.292 e. The van der Waals surface area contributed by atoms with Crippen molar-refractivity contribution in [2.24, 2.45) is 0 Å². The van der Waals surface area contributed by atoms with Gasteiger partial charge in [-0.25, -0.2) is 4.39 Å². The van der Waals surface area contributed by atoms with Gasteiger partial charge in [0.05, 0.1) is 17.6 Å². The van der Waals surface area contributed by atoms with Gasteiger partial charge in [0.15, 0.2) is 6.04 Å². The summed E-state index contributed by atoms with van der Waals surface area (Å²) >= 11 is 0. The highest BCUT2D eigenvalue weighted by molar-refractivity contribution is 5.95. The number of piperazine rings is 1. The molecule has 2 aromatic carbocycles. The van der Waals surface area contributed by atoms with Crippen LogP contribution in [0.3, 0.4) is 0 Å². The van der Waals surface area contributed by atoms with E-state index in [0.29, 0.717) is 12.3 Å². The Bertz CT molecular complexity index is 916. The van der Waals surface area contributed by atoms with Crippen LogP contribution in [-0.4, -0.2) is 50.2 Å². The Hall–Kier alpha value is -3.04. The van der Waals surface area contributed by atoms with Crippen LogP contribution in [0, 0.1) is 15.9 Å². The number of para-hydroxylation sites is 2. The fourth-order valence-corrected chi connectivity index (χ4v) is 3.85. The number of hydrogen-bond donors (Lipinski definition) is 3. The van der Waals surface area contributed by atoms with Gasteiger partial charge in [-0.1, -0.05) is 12.1 Å². The Kier molecular flexibility index (Phi) is 6.96. The first-order chi connectivity index (χ1) is 14.4. The van der Waals surface area contributed by atoms with Crippen LogP contribution in [0.25, 0.3) is 0 Å². The van der Waals surface area contributed by atoms with Crippen molar-refractivity contribution >= 4 is 17.3 Å². The highest BCUT2D eigenvalue weighted by Crippen LogP contribution is 2.23. The zero-order chi connectivity index (χ0) is 21.7. The van der Waals surface area contributed by atoms with Crippen molar-refractivity contribution in [1.29, 1.82) is 0 Å². The molecule has 1 aliphatic heterocycles. The van der Waals surface area contributed by atoms with Crippen LogP contribution >= 0.6 is 0 Å². The highest BCUT2D eigenvalue weighted by Gasteiger charge is 2.32. The summed E-state index contributed by atoms with van der Waals surface area (Å²) in [6, 6.07) is 10.3. The van der Waals surface area contributed by atoms with Gasteiger partial charge in [0.25, 0.3) is 11.6 Å². The number of nitrogens with zero attached hydrogens (tertiary/aromatic N) is 1. The number of benzene rings is 2. The molecule has 8 nitrogen and oxygen atoms in total. The van der Waals surface area contributed by atoms with E-state index in [1.54, 1.807) is 25.3 Å². The molecule has 3 rings (SSSR count). The Morgan fingerprint density at radius 1 is 1.23 bits per heavy atom. The second-order valence-corrected chi connectivity index (χ2v) is 7.53. The lowest BCUT2D eigenvalue weighted by atomic mass is 10.1. The highest BCUT2D eigenvalue weighted by atomic mass is 19.1. The summed E-state index contributed by atoms with van der Waals surface area (Å²) in [6.07, 6.45) is 0. The number of amides is 1. The Balaban J connectivity index is 1.56. The number of ether oxygens (including phenoxy) is 1. The van der Waals surface area contributed by atoms with Crippen LogP contribution in [0.15, 0.2) is 42.5 Å². The molecule has 0 unspecified atom stereocenters. The van der Waals surface area contributed by atoms with Gasteiger partial charge in [-0.3, -0.25) is 14.9 Å². The summed E-state index contributed by atoms with van der Waals surface area (Å²) in [5.74, 6) is 0.153. The summed E-state index contributed by atoms with van der Waals surface area (Å²) in [6.45, 7) is 5.71. The quantitative estimate of drug-likeness (QED) is 0.438. The number of carbonyl (C=O) groups is 1. The van der Waals surface area contributed by atoms with E-state index in [2.05, 4.69) is 5.32 Å².